The normalized spacial score (nSPS) is 25.3. The summed E-state index contributed by atoms with van der Waals surface area (Å²) in [5.74, 6) is 0.680. The van der Waals surface area contributed by atoms with Crippen molar-refractivity contribution in [2.45, 2.75) is 32.2 Å². The van der Waals surface area contributed by atoms with E-state index in [1.165, 1.54) is 5.56 Å². The van der Waals surface area contributed by atoms with E-state index in [4.69, 9.17) is 0 Å². The van der Waals surface area contributed by atoms with E-state index in [9.17, 15) is 4.79 Å². The number of ketones is 1. The standard InChI is InChI=1S/C14H19NO/c1-2-14(16)12-8-9-15-13(10-12)11-6-4-3-5-7-11/h3-7,12-13,15H,2,8-10H2,1H3. The highest BCUT2D eigenvalue weighted by Gasteiger charge is 2.26. The van der Waals surface area contributed by atoms with Crippen LogP contribution in [0.4, 0.5) is 0 Å². The van der Waals surface area contributed by atoms with Crippen molar-refractivity contribution >= 4 is 5.78 Å². The average Bonchev–Trinajstić information content (AvgIpc) is 2.39. The molecule has 1 aromatic rings. The molecule has 2 heteroatoms. The van der Waals surface area contributed by atoms with Gasteiger partial charge in [-0.3, -0.25) is 4.79 Å². The highest BCUT2D eigenvalue weighted by molar-refractivity contribution is 5.80. The number of carbonyl (C=O) groups is 1. The van der Waals surface area contributed by atoms with Crippen LogP contribution in [-0.2, 0) is 4.79 Å². The van der Waals surface area contributed by atoms with Gasteiger partial charge in [0.2, 0.25) is 0 Å². The monoisotopic (exact) mass is 217 g/mol. The van der Waals surface area contributed by atoms with Gasteiger partial charge in [0.25, 0.3) is 0 Å². The Morgan fingerprint density at radius 2 is 2.12 bits per heavy atom. The van der Waals surface area contributed by atoms with Crippen LogP contribution in [0.5, 0.6) is 0 Å². The molecule has 0 amide bonds. The summed E-state index contributed by atoms with van der Waals surface area (Å²) in [4.78, 5) is 11.7. The summed E-state index contributed by atoms with van der Waals surface area (Å²) in [5.41, 5.74) is 1.30. The molecule has 2 nitrogen and oxygen atoms in total. The topological polar surface area (TPSA) is 29.1 Å². The van der Waals surface area contributed by atoms with Gasteiger partial charge in [-0.25, -0.2) is 0 Å². The lowest BCUT2D eigenvalue weighted by atomic mass is 9.85. The first kappa shape index (κ1) is 11.3. The van der Waals surface area contributed by atoms with Gasteiger partial charge in [0.1, 0.15) is 5.78 Å². The first-order valence-corrected chi connectivity index (χ1v) is 6.12. The zero-order chi connectivity index (χ0) is 11.4. The Labute approximate surface area is 97.1 Å². The summed E-state index contributed by atoms with van der Waals surface area (Å²) in [5, 5.41) is 3.49. The third-order valence-corrected chi connectivity index (χ3v) is 3.41. The Balaban J connectivity index is 2.05. The summed E-state index contributed by atoms with van der Waals surface area (Å²) in [6.45, 7) is 2.91. The maximum atomic E-state index is 11.7. The molecule has 1 saturated heterocycles. The van der Waals surface area contributed by atoms with Crippen LogP contribution in [0.15, 0.2) is 30.3 Å². The van der Waals surface area contributed by atoms with E-state index in [-0.39, 0.29) is 5.92 Å². The van der Waals surface area contributed by atoms with Gasteiger partial charge in [0.05, 0.1) is 0 Å². The van der Waals surface area contributed by atoms with Crippen molar-refractivity contribution in [3.8, 4) is 0 Å². The Morgan fingerprint density at radius 1 is 1.38 bits per heavy atom. The molecule has 0 bridgehead atoms. The molecule has 1 aromatic carbocycles. The molecule has 86 valence electrons. The second-order valence-electron chi connectivity index (χ2n) is 4.46. The fourth-order valence-corrected chi connectivity index (χ4v) is 2.44. The van der Waals surface area contributed by atoms with Crippen LogP contribution in [0, 0.1) is 5.92 Å². The summed E-state index contributed by atoms with van der Waals surface area (Å²) in [6, 6.07) is 10.8. The number of piperidine rings is 1. The van der Waals surface area contributed by atoms with Gasteiger partial charge in [-0.1, -0.05) is 37.3 Å². The fraction of sp³-hybridized carbons (Fsp3) is 0.500. The molecule has 2 rings (SSSR count). The average molecular weight is 217 g/mol. The second kappa shape index (κ2) is 5.26. The lowest BCUT2D eigenvalue weighted by Gasteiger charge is -2.29. The number of rotatable bonds is 3. The van der Waals surface area contributed by atoms with Crippen LogP contribution in [0.25, 0.3) is 0 Å². The van der Waals surface area contributed by atoms with Crippen LogP contribution in [0.1, 0.15) is 37.8 Å². The molecule has 0 spiro atoms. The van der Waals surface area contributed by atoms with Crippen molar-refractivity contribution in [1.82, 2.24) is 5.32 Å². The summed E-state index contributed by atoms with van der Waals surface area (Å²) in [6.07, 6.45) is 2.62. The van der Waals surface area contributed by atoms with Gasteiger partial charge >= 0.3 is 0 Å². The zero-order valence-electron chi connectivity index (χ0n) is 9.78. The van der Waals surface area contributed by atoms with Crippen LogP contribution in [0.3, 0.4) is 0 Å². The van der Waals surface area contributed by atoms with E-state index in [2.05, 4.69) is 29.6 Å². The predicted octanol–water partition coefficient (Wildman–Crippen LogP) is 2.71. The SMILES string of the molecule is CCC(=O)C1CCNC(c2ccccc2)C1. The highest BCUT2D eigenvalue weighted by atomic mass is 16.1. The van der Waals surface area contributed by atoms with E-state index < -0.39 is 0 Å². The number of carbonyl (C=O) groups excluding carboxylic acids is 1. The Morgan fingerprint density at radius 3 is 2.81 bits per heavy atom. The predicted molar refractivity (Wildman–Crippen MR) is 65.2 cm³/mol. The number of hydrogen-bond acceptors (Lipinski definition) is 2. The molecular weight excluding hydrogens is 198 g/mol. The first-order chi connectivity index (χ1) is 7.81. The molecule has 0 saturated carbocycles. The molecule has 2 unspecified atom stereocenters. The van der Waals surface area contributed by atoms with Gasteiger partial charge in [0, 0.05) is 18.4 Å². The van der Waals surface area contributed by atoms with E-state index >= 15 is 0 Å². The molecule has 2 atom stereocenters. The molecular formula is C14H19NO. The molecule has 1 N–H and O–H groups in total. The summed E-state index contributed by atoms with van der Waals surface area (Å²) < 4.78 is 0. The molecule has 1 fully saturated rings. The molecule has 1 aliphatic heterocycles. The fourth-order valence-electron chi connectivity index (χ4n) is 2.44. The van der Waals surface area contributed by atoms with Crippen LogP contribution in [0.2, 0.25) is 0 Å². The largest absolute Gasteiger partial charge is 0.310 e. The Kier molecular flexibility index (Phi) is 3.73. The number of nitrogens with one attached hydrogen (secondary N) is 1. The van der Waals surface area contributed by atoms with Crippen molar-refractivity contribution in [2.24, 2.45) is 5.92 Å². The number of Topliss-reactive ketones (excluding diaryl/α,β-unsaturated/α-hetero) is 1. The van der Waals surface area contributed by atoms with Gasteiger partial charge in [0.15, 0.2) is 0 Å². The van der Waals surface area contributed by atoms with Crippen molar-refractivity contribution in [1.29, 1.82) is 0 Å². The van der Waals surface area contributed by atoms with Gasteiger partial charge < -0.3 is 5.32 Å². The Hall–Kier alpha value is -1.15. The molecule has 0 aromatic heterocycles. The minimum atomic E-state index is 0.261. The maximum Gasteiger partial charge on any atom is 0.135 e. The lowest BCUT2D eigenvalue weighted by Crippen LogP contribution is -2.34. The lowest BCUT2D eigenvalue weighted by molar-refractivity contribution is -0.123. The molecule has 16 heavy (non-hydrogen) atoms. The number of hydrogen-bond donors (Lipinski definition) is 1. The van der Waals surface area contributed by atoms with Gasteiger partial charge in [-0.2, -0.15) is 0 Å². The smallest absolute Gasteiger partial charge is 0.135 e. The van der Waals surface area contributed by atoms with Crippen molar-refractivity contribution < 1.29 is 4.79 Å². The van der Waals surface area contributed by atoms with E-state index in [1.54, 1.807) is 0 Å². The van der Waals surface area contributed by atoms with Crippen molar-refractivity contribution in [2.75, 3.05) is 6.54 Å². The summed E-state index contributed by atoms with van der Waals surface area (Å²) in [7, 11) is 0. The minimum Gasteiger partial charge on any atom is -0.310 e. The van der Waals surface area contributed by atoms with Crippen LogP contribution >= 0.6 is 0 Å². The van der Waals surface area contributed by atoms with Crippen molar-refractivity contribution in [3.05, 3.63) is 35.9 Å². The highest BCUT2D eigenvalue weighted by Crippen LogP contribution is 2.28. The zero-order valence-corrected chi connectivity index (χ0v) is 9.78. The molecule has 0 aliphatic carbocycles. The van der Waals surface area contributed by atoms with E-state index in [0.29, 0.717) is 18.2 Å². The van der Waals surface area contributed by atoms with Crippen LogP contribution < -0.4 is 5.32 Å². The third kappa shape index (κ3) is 2.50. The first-order valence-electron chi connectivity index (χ1n) is 6.12. The Bertz CT molecular complexity index is 347. The minimum absolute atomic E-state index is 0.261. The third-order valence-electron chi connectivity index (χ3n) is 3.41. The van der Waals surface area contributed by atoms with Gasteiger partial charge in [-0.15, -0.1) is 0 Å². The molecule has 1 heterocycles. The maximum absolute atomic E-state index is 11.7. The van der Waals surface area contributed by atoms with E-state index in [1.807, 2.05) is 13.0 Å². The van der Waals surface area contributed by atoms with E-state index in [0.717, 1.165) is 19.4 Å². The van der Waals surface area contributed by atoms with Crippen molar-refractivity contribution in [3.63, 3.8) is 0 Å². The van der Waals surface area contributed by atoms with Crippen LogP contribution in [-0.4, -0.2) is 12.3 Å². The number of benzene rings is 1. The molecule has 0 radical (unpaired) electrons. The van der Waals surface area contributed by atoms with Gasteiger partial charge in [-0.05, 0) is 24.9 Å². The quantitative estimate of drug-likeness (QED) is 0.843. The molecule has 1 aliphatic rings. The second-order valence-corrected chi connectivity index (χ2v) is 4.46. The summed E-state index contributed by atoms with van der Waals surface area (Å²) >= 11 is 0.